The van der Waals surface area contributed by atoms with Crippen LogP contribution in [0.5, 0.6) is 11.5 Å². The molecule has 0 fully saturated rings. The van der Waals surface area contributed by atoms with E-state index in [0.29, 0.717) is 42.6 Å². The van der Waals surface area contributed by atoms with Crippen LogP contribution < -0.4 is 14.8 Å². The minimum Gasteiger partial charge on any atom is -0.486 e. The zero-order valence-electron chi connectivity index (χ0n) is 18.5. The summed E-state index contributed by atoms with van der Waals surface area (Å²) in [5.41, 5.74) is 4.82. The number of carbonyl (C=O) groups is 1. The van der Waals surface area contributed by atoms with E-state index >= 15 is 0 Å². The molecule has 4 aromatic rings. The maximum absolute atomic E-state index is 13.1. The Morgan fingerprint density at radius 2 is 1.76 bits per heavy atom. The summed E-state index contributed by atoms with van der Waals surface area (Å²) < 4.78 is 13.1. The van der Waals surface area contributed by atoms with Crippen molar-refractivity contribution >= 4 is 11.7 Å². The summed E-state index contributed by atoms with van der Waals surface area (Å²) in [6, 6.07) is 21.3. The lowest BCUT2D eigenvalue weighted by Gasteiger charge is -2.18. The van der Waals surface area contributed by atoms with Crippen molar-refractivity contribution in [1.82, 2.24) is 14.8 Å². The average molecular weight is 441 g/mol. The van der Waals surface area contributed by atoms with Gasteiger partial charge < -0.3 is 14.8 Å². The summed E-state index contributed by atoms with van der Waals surface area (Å²) in [7, 11) is 0. The number of pyridine rings is 1. The third-order valence-corrected chi connectivity index (χ3v) is 5.61. The van der Waals surface area contributed by atoms with Crippen molar-refractivity contribution in [2.45, 2.75) is 20.4 Å². The number of ether oxygens (including phenoxy) is 2. The van der Waals surface area contributed by atoms with Crippen molar-refractivity contribution < 1.29 is 14.3 Å². The monoisotopic (exact) mass is 440 g/mol. The van der Waals surface area contributed by atoms with Crippen LogP contribution in [-0.2, 0) is 6.54 Å². The summed E-state index contributed by atoms with van der Waals surface area (Å²) >= 11 is 0. The van der Waals surface area contributed by atoms with Gasteiger partial charge in [0.1, 0.15) is 19.0 Å². The van der Waals surface area contributed by atoms with Gasteiger partial charge in [-0.2, -0.15) is 5.10 Å². The Hall–Kier alpha value is -4.13. The number of aromatic nitrogens is 3. The van der Waals surface area contributed by atoms with E-state index in [-0.39, 0.29) is 5.91 Å². The lowest BCUT2D eigenvalue weighted by Crippen LogP contribution is -2.16. The van der Waals surface area contributed by atoms with Crippen LogP contribution in [0.15, 0.2) is 66.7 Å². The third kappa shape index (κ3) is 4.30. The van der Waals surface area contributed by atoms with Crippen LogP contribution in [0, 0.1) is 13.8 Å². The summed E-state index contributed by atoms with van der Waals surface area (Å²) in [5, 5.41) is 7.51. The normalized spacial score (nSPS) is 12.4. The molecule has 33 heavy (non-hydrogen) atoms. The van der Waals surface area contributed by atoms with E-state index in [1.54, 1.807) is 6.07 Å². The molecule has 0 spiro atoms. The quantitative estimate of drug-likeness (QED) is 0.489. The molecule has 1 amide bonds. The van der Waals surface area contributed by atoms with E-state index in [2.05, 4.69) is 15.4 Å². The second kappa shape index (κ2) is 8.78. The predicted octanol–water partition coefficient (Wildman–Crippen LogP) is 4.63. The lowest BCUT2D eigenvalue weighted by molar-refractivity contribution is 0.102. The predicted molar refractivity (Wildman–Crippen MR) is 126 cm³/mol. The van der Waals surface area contributed by atoms with Crippen LogP contribution in [0.25, 0.3) is 11.3 Å². The van der Waals surface area contributed by atoms with Crippen molar-refractivity contribution in [3.05, 3.63) is 89.2 Å². The standard InChI is InChI=1S/C26H24N4O3/c1-17-25(18(2)30(29-17)16-19-7-4-3-5-8-19)26(31)28-24-10-6-9-21(27-24)20-11-12-22-23(15-20)33-14-13-32-22/h3-12,15H,13-14,16H2,1-2H3,(H,27,28,31). The first-order valence-corrected chi connectivity index (χ1v) is 10.8. The first kappa shape index (κ1) is 20.8. The maximum Gasteiger partial charge on any atom is 0.260 e. The molecule has 0 unspecified atom stereocenters. The molecule has 0 saturated carbocycles. The van der Waals surface area contributed by atoms with Gasteiger partial charge in [0.05, 0.1) is 23.5 Å². The molecule has 0 bridgehead atoms. The molecule has 0 saturated heterocycles. The van der Waals surface area contributed by atoms with Crippen LogP contribution in [-0.4, -0.2) is 33.9 Å². The summed E-state index contributed by atoms with van der Waals surface area (Å²) in [6.07, 6.45) is 0. The molecular formula is C26H24N4O3. The first-order valence-electron chi connectivity index (χ1n) is 10.8. The number of benzene rings is 2. The number of hydrogen-bond acceptors (Lipinski definition) is 5. The number of rotatable bonds is 5. The van der Waals surface area contributed by atoms with Gasteiger partial charge in [-0.1, -0.05) is 36.4 Å². The molecule has 2 aromatic heterocycles. The van der Waals surface area contributed by atoms with Crippen LogP contribution >= 0.6 is 0 Å². The van der Waals surface area contributed by atoms with Crippen LogP contribution in [0.1, 0.15) is 27.3 Å². The number of carbonyl (C=O) groups excluding carboxylic acids is 1. The fourth-order valence-corrected chi connectivity index (χ4v) is 3.98. The van der Waals surface area contributed by atoms with Gasteiger partial charge in [0.2, 0.25) is 0 Å². The molecular weight excluding hydrogens is 416 g/mol. The van der Waals surface area contributed by atoms with Crippen molar-refractivity contribution in [2.75, 3.05) is 18.5 Å². The van der Waals surface area contributed by atoms with Gasteiger partial charge in [-0.25, -0.2) is 4.98 Å². The largest absolute Gasteiger partial charge is 0.486 e. The Balaban J connectivity index is 1.37. The molecule has 0 atom stereocenters. The number of hydrogen-bond donors (Lipinski definition) is 1. The number of aryl methyl sites for hydroxylation is 1. The average Bonchev–Trinajstić information content (AvgIpc) is 3.12. The number of nitrogens with one attached hydrogen (secondary N) is 1. The van der Waals surface area contributed by atoms with E-state index in [4.69, 9.17) is 9.47 Å². The third-order valence-electron chi connectivity index (χ3n) is 5.61. The van der Waals surface area contributed by atoms with Gasteiger partial charge in [-0.3, -0.25) is 9.48 Å². The van der Waals surface area contributed by atoms with Gasteiger partial charge in [0.15, 0.2) is 11.5 Å². The smallest absolute Gasteiger partial charge is 0.260 e. The minimum atomic E-state index is -0.226. The van der Waals surface area contributed by atoms with E-state index < -0.39 is 0 Å². The number of amides is 1. The van der Waals surface area contributed by atoms with Gasteiger partial charge in [-0.15, -0.1) is 0 Å². The Morgan fingerprint density at radius 3 is 2.58 bits per heavy atom. The zero-order chi connectivity index (χ0) is 22.8. The Bertz CT molecular complexity index is 1310. The van der Waals surface area contributed by atoms with Gasteiger partial charge in [-0.05, 0) is 49.7 Å². The van der Waals surface area contributed by atoms with Crippen LogP contribution in [0.2, 0.25) is 0 Å². The van der Waals surface area contributed by atoms with Crippen molar-refractivity contribution in [2.24, 2.45) is 0 Å². The molecule has 7 heteroatoms. The molecule has 2 aromatic carbocycles. The van der Waals surface area contributed by atoms with E-state index in [1.165, 1.54) is 0 Å². The molecule has 166 valence electrons. The first-order chi connectivity index (χ1) is 16.1. The summed E-state index contributed by atoms with van der Waals surface area (Å²) in [5.74, 6) is 1.68. The van der Waals surface area contributed by atoms with Crippen molar-refractivity contribution in [3.63, 3.8) is 0 Å². The van der Waals surface area contributed by atoms with E-state index in [0.717, 1.165) is 28.3 Å². The van der Waals surface area contributed by atoms with Crippen molar-refractivity contribution in [1.29, 1.82) is 0 Å². The van der Waals surface area contributed by atoms with Crippen LogP contribution in [0.4, 0.5) is 5.82 Å². The lowest BCUT2D eigenvalue weighted by atomic mass is 10.1. The summed E-state index contributed by atoms with van der Waals surface area (Å²) in [4.78, 5) is 17.8. The topological polar surface area (TPSA) is 78.3 Å². The van der Waals surface area contributed by atoms with E-state index in [9.17, 15) is 4.79 Å². The highest BCUT2D eigenvalue weighted by Crippen LogP contribution is 2.34. The Kier molecular flexibility index (Phi) is 5.52. The van der Waals surface area contributed by atoms with Gasteiger partial charge >= 0.3 is 0 Å². The number of anilines is 1. The van der Waals surface area contributed by atoms with Gasteiger partial charge in [0.25, 0.3) is 5.91 Å². The molecule has 1 N–H and O–H groups in total. The second-order valence-corrected chi connectivity index (χ2v) is 7.91. The highest BCUT2D eigenvalue weighted by molar-refractivity contribution is 6.05. The van der Waals surface area contributed by atoms with Crippen molar-refractivity contribution in [3.8, 4) is 22.8 Å². The number of fused-ring (bicyclic) bond motifs is 1. The SMILES string of the molecule is Cc1nn(Cc2ccccc2)c(C)c1C(=O)Nc1cccc(-c2ccc3c(c2)OCCO3)n1. The van der Waals surface area contributed by atoms with Crippen LogP contribution in [0.3, 0.4) is 0 Å². The Morgan fingerprint density at radius 1 is 0.970 bits per heavy atom. The van der Waals surface area contributed by atoms with E-state index in [1.807, 2.05) is 79.2 Å². The second-order valence-electron chi connectivity index (χ2n) is 7.91. The zero-order valence-corrected chi connectivity index (χ0v) is 18.5. The highest BCUT2D eigenvalue weighted by atomic mass is 16.6. The molecule has 5 rings (SSSR count). The van der Waals surface area contributed by atoms with Gasteiger partial charge in [0, 0.05) is 11.3 Å². The Labute approximate surface area is 192 Å². The minimum absolute atomic E-state index is 0.226. The summed E-state index contributed by atoms with van der Waals surface area (Å²) in [6.45, 7) is 5.45. The maximum atomic E-state index is 13.1. The number of nitrogens with zero attached hydrogens (tertiary/aromatic N) is 3. The molecule has 3 heterocycles. The molecule has 1 aliphatic rings. The fourth-order valence-electron chi connectivity index (χ4n) is 3.98. The molecule has 0 radical (unpaired) electrons. The molecule has 1 aliphatic heterocycles. The molecule has 7 nitrogen and oxygen atoms in total. The molecule has 0 aliphatic carbocycles. The highest BCUT2D eigenvalue weighted by Gasteiger charge is 2.20. The fraction of sp³-hybridized carbons (Fsp3) is 0.192.